The minimum absolute atomic E-state index is 0.0358. The summed E-state index contributed by atoms with van der Waals surface area (Å²) >= 11 is 0. The van der Waals surface area contributed by atoms with Crippen molar-refractivity contribution in [2.45, 2.75) is 31.4 Å². The summed E-state index contributed by atoms with van der Waals surface area (Å²) in [5.74, 6) is 0.891. The van der Waals surface area contributed by atoms with E-state index >= 15 is 0 Å². The Morgan fingerprint density at radius 3 is 2.87 bits per heavy atom. The van der Waals surface area contributed by atoms with Crippen LogP contribution in [0.5, 0.6) is 5.75 Å². The normalized spacial score (nSPS) is 23.1. The van der Waals surface area contributed by atoms with Crippen molar-refractivity contribution in [3.05, 3.63) is 29.8 Å². The molecule has 1 heterocycles. The number of nitrogens with one attached hydrogen (secondary N) is 1. The number of ether oxygens (including phenoxy) is 1. The van der Waals surface area contributed by atoms with Gasteiger partial charge in [-0.15, -0.1) is 0 Å². The number of carbonyl (C=O) groups excluding carboxylic acids is 1. The standard InChI is InChI=1S/C12H13NO2/c14-12(13-9-5-6-9)11-7-8-3-1-2-4-10(8)15-11/h1-4,9,11H,5-7H2,(H,13,14)/t11-/m0/s1. The van der Waals surface area contributed by atoms with Crippen LogP contribution in [0.3, 0.4) is 0 Å². The average Bonchev–Trinajstić information content (AvgIpc) is 2.95. The maximum Gasteiger partial charge on any atom is 0.261 e. The predicted octanol–water partition coefficient (Wildman–Crippen LogP) is 1.27. The first kappa shape index (κ1) is 8.77. The zero-order valence-electron chi connectivity index (χ0n) is 8.40. The molecule has 0 saturated heterocycles. The lowest BCUT2D eigenvalue weighted by Gasteiger charge is -2.10. The first-order chi connectivity index (χ1) is 7.33. The Bertz CT molecular complexity index is 373. The molecule has 0 radical (unpaired) electrons. The van der Waals surface area contributed by atoms with Crippen molar-refractivity contribution in [1.29, 1.82) is 0 Å². The molecule has 3 heteroatoms. The molecule has 2 aliphatic rings. The van der Waals surface area contributed by atoms with E-state index < -0.39 is 0 Å². The van der Waals surface area contributed by atoms with E-state index in [-0.39, 0.29) is 12.0 Å². The van der Waals surface area contributed by atoms with E-state index in [0.29, 0.717) is 12.5 Å². The highest BCUT2D eigenvalue weighted by molar-refractivity contribution is 5.83. The Morgan fingerprint density at radius 1 is 1.33 bits per heavy atom. The number of rotatable bonds is 2. The smallest absolute Gasteiger partial charge is 0.261 e. The summed E-state index contributed by atoms with van der Waals surface area (Å²) in [6, 6.07) is 8.24. The fourth-order valence-corrected chi connectivity index (χ4v) is 1.85. The van der Waals surface area contributed by atoms with Gasteiger partial charge in [0.05, 0.1) is 0 Å². The SMILES string of the molecule is O=C(NC1CC1)[C@@H]1Cc2ccccc2O1. The molecule has 78 valence electrons. The number of amides is 1. The molecule has 3 rings (SSSR count). The third kappa shape index (κ3) is 1.69. The number of hydrogen-bond acceptors (Lipinski definition) is 2. The monoisotopic (exact) mass is 203 g/mol. The summed E-state index contributed by atoms with van der Waals surface area (Å²) in [6.45, 7) is 0. The van der Waals surface area contributed by atoms with Gasteiger partial charge < -0.3 is 10.1 Å². The number of carbonyl (C=O) groups is 1. The van der Waals surface area contributed by atoms with Crippen LogP contribution in [-0.4, -0.2) is 18.1 Å². The highest BCUT2D eigenvalue weighted by Crippen LogP contribution is 2.28. The molecule has 1 aliphatic carbocycles. The molecule has 1 aromatic carbocycles. The molecule has 1 amide bonds. The Labute approximate surface area is 88.4 Å². The second-order valence-electron chi connectivity index (χ2n) is 4.20. The molecule has 0 unspecified atom stereocenters. The van der Waals surface area contributed by atoms with Crippen LogP contribution >= 0.6 is 0 Å². The van der Waals surface area contributed by atoms with Crippen LogP contribution in [0.15, 0.2) is 24.3 Å². The number of fused-ring (bicyclic) bond motifs is 1. The number of para-hydroxylation sites is 1. The Hall–Kier alpha value is -1.51. The summed E-state index contributed by atoms with van der Waals surface area (Å²) < 4.78 is 5.59. The van der Waals surface area contributed by atoms with Gasteiger partial charge in [-0.05, 0) is 24.5 Å². The minimum Gasteiger partial charge on any atom is -0.480 e. The molecule has 1 atom stereocenters. The topological polar surface area (TPSA) is 38.3 Å². The summed E-state index contributed by atoms with van der Waals surface area (Å²) in [6.07, 6.45) is 2.62. The van der Waals surface area contributed by atoms with E-state index in [4.69, 9.17) is 4.74 Å². The molecule has 1 aliphatic heterocycles. The second kappa shape index (κ2) is 3.26. The molecule has 0 spiro atoms. The lowest BCUT2D eigenvalue weighted by Crippen LogP contribution is -2.38. The summed E-state index contributed by atoms with van der Waals surface area (Å²) in [7, 11) is 0. The van der Waals surface area contributed by atoms with Gasteiger partial charge in [-0.1, -0.05) is 18.2 Å². The van der Waals surface area contributed by atoms with Gasteiger partial charge in [-0.3, -0.25) is 4.79 Å². The van der Waals surface area contributed by atoms with Gasteiger partial charge in [-0.2, -0.15) is 0 Å². The van der Waals surface area contributed by atoms with Crippen molar-refractivity contribution in [2.75, 3.05) is 0 Å². The van der Waals surface area contributed by atoms with Crippen molar-refractivity contribution < 1.29 is 9.53 Å². The molecule has 1 saturated carbocycles. The van der Waals surface area contributed by atoms with Gasteiger partial charge >= 0.3 is 0 Å². The highest BCUT2D eigenvalue weighted by atomic mass is 16.5. The average molecular weight is 203 g/mol. The summed E-state index contributed by atoms with van der Waals surface area (Å²) in [5.41, 5.74) is 1.13. The van der Waals surface area contributed by atoms with E-state index in [9.17, 15) is 4.79 Å². The van der Waals surface area contributed by atoms with Gasteiger partial charge in [0, 0.05) is 12.5 Å². The van der Waals surface area contributed by atoms with Crippen molar-refractivity contribution in [3.8, 4) is 5.75 Å². The van der Waals surface area contributed by atoms with Crippen molar-refractivity contribution in [2.24, 2.45) is 0 Å². The minimum atomic E-state index is -0.317. The Morgan fingerprint density at radius 2 is 2.13 bits per heavy atom. The molecule has 3 nitrogen and oxygen atoms in total. The fourth-order valence-electron chi connectivity index (χ4n) is 1.85. The van der Waals surface area contributed by atoms with Gasteiger partial charge in [0.2, 0.25) is 0 Å². The quantitative estimate of drug-likeness (QED) is 0.786. The third-order valence-electron chi connectivity index (χ3n) is 2.86. The maximum atomic E-state index is 11.7. The molecular weight excluding hydrogens is 190 g/mol. The highest BCUT2D eigenvalue weighted by Gasteiger charge is 2.32. The van der Waals surface area contributed by atoms with E-state index in [1.165, 1.54) is 0 Å². The van der Waals surface area contributed by atoms with E-state index in [2.05, 4.69) is 5.32 Å². The van der Waals surface area contributed by atoms with Gasteiger partial charge in [0.1, 0.15) is 5.75 Å². The summed E-state index contributed by atoms with van der Waals surface area (Å²) in [5, 5.41) is 2.97. The summed E-state index contributed by atoms with van der Waals surface area (Å²) in [4.78, 5) is 11.7. The third-order valence-corrected chi connectivity index (χ3v) is 2.86. The number of hydrogen-bond donors (Lipinski definition) is 1. The maximum absolute atomic E-state index is 11.7. The molecular formula is C12H13NO2. The van der Waals surface area contributed by atoms with Crippen LogP contribution in [0.1, 0.15) is 18.4 Å². The molecule has 1 fully saturated rings. The molecule has 1 N–H and O–H groups in total. The zero-order chi connectivity index (χ0) is 10.3. The first-order valence-corrected chi connectivity index (χ1v) is 5.38. The Kier molecular flexibility index (Phi) is 1.91. The van der Waals surface area contributed by atoms with E-state index in [1.54, 1.807) is 0 Å². The van der Waals surface area contributed by atoms with Gasteiger partial charge in [0.15, 0.2) is 6.10 Å². The fraction of sp³-hybridized carbons (Fsp3) is 0.417. The molecule has 0 bridgehead atoms. The van der Waals surface area contributed by atoms with E-state index in [1.807, 2.05) is 24.3 Å². The number of benzene rings is 1. The lowest BCUT2D eigenvalue weighted by atomic mass is 10.1. The van der Waals surface area contributed by atoms with Gasteiger partial charge in [0.25, 0.3) is 5.91 Å². The van der Waals surface area contributed by atoms with Crippen LogP contribution in [-0.2, 0) is 11.2 Å². The second-order valence-corrected chi connectivity index (χ2v) is 4.20. The van der Waals surface area contributed by atoms with Crippen molar-refractivity contribution >= 4 is 5.91 Å². The van der Waals surface area contributed by atoms with Crippen molar-refractivity contribution in [1.82, 2.24) is 5.32 Å². The van der Waals surface area contributed by atoms with Crippen molar-refractivity contribution in [3.63, 3.8) is 0 Å². The molecule has 1 aromatic rings. The van der Waals surface area contributed by atoms with Gasteiger partial charge in [-0.25, -0.2) is 0 Å². The molecule has 0 aromatic heterocycles. The van der Waals surface area contributed by atoms with E-state index in [0.717, 1.165) is 24.2 Å². The van der Waals surface area contributed by atoms with Crippen LogP contribution in [0.4, 0.5) is 0 Å². The van der Waals surface area contributed by atoms with Crippen LogP contribution in [0.2, 0.25) is 0 Å². The lowest BCUT2D eigenvalue weighted by molar-refractivity contribution is -0.127. The predicted molar refractivity (Wildman–Crippen MR) is 55.7 cm³/mol. The van der Waals surface area contributed by atoms with Crippen LogP contribution in [0, 0.1) is 0 Å². The van der Waals surface area contributed by atoms with Crippen LogP contribution < -0.4 is 10.1 Å². The largest absolute Gasteiger partial charge is 0.480 e. The Balaban J connectivity index is 1.69. The zero-order valence-corrected chi connectivity index (χ0v) is 8.40. The van der Waals surface area contributed by atoms with Crippen LogP contribution in [0.25, 0.3) is 0 Å². The molecule has 15 heavy (non-hydrogen) atoms. The first-order valence-electron chi connectivity index (χ1n) is 5.38.